The number of carbonyl (C=O) groups excluding carboxylic acids is 1. The van der Waals surface area contributed by atoms with Crippen molar-refractivity contribution in [2.75, 3.05) is 12.8 Å². The van der Waals surface area contributed by atoms with E-state index in [1.54, 1.807) is 9.47 Å². The molecule has 0 N–H and O–H groups in total. The van der Waals surface area contributed by atoms with Crippen LogP contribution in [0.3, 0.4) is 0 Å². The van der Waals surface area contributed by atoms with Gasteiger partial charge in [0.1, 0.15) is 5.60 Å². The van der Waals surface area contributed by atoms with Crippen LogP contribution in [-0.2, 0) is 28.5 Å². The summed E-state index contributed by atoms with van der Waals surface area (Å²) in [5, 5.41) is 0.187. The normalized spacial score (nSPS) is 14.6. The Bertz CT molecular complexity index is 1230. The predicted octanol–water partition coefficient (Wildman–Crippen LogP) is 3.91. The predicted molar refractivity (Wildman–Crippen MR) is 131 cm³/mol. The molecule has 0 spiro atoms. The molecule has 1 aliphatic heterocycles. The van der Waals surface area contributed by atoms with Crippen LogP contribution in [0.25, 0.3) is 0 Å². The van der Waals surface area contributed by atoms with Gasteiger partial charge < -0.3 is 9.64 Å². The summed E-state index contributed by atoms with van der Waals surface area (Å²) in [7, 11) is -1.54. The van der Waals surface area contributed by atoms with E-state index >= 15 is 0 Å². The SMILES string of the molecule is CS(=O)c1nc2c(c(=O)n1C(c1ccccc1)c1ccccc1)CCN(C(=O)OC(C)(C)C)C2. The van der Waals surface area contributed by atoms with Gasteiger partial charge >= 0.3 is 6.09 Å². The third-order valence-corrected chi connectivity index (χ3v) is 6.43. The van der Waals surface area contributed by atoms with Crippen molar-refractivity contribution in [1.82, 2.24) is 14.5 Å². The topological polar surface area (TPSA) is 81.5 Å². The van der Waals surface area contributed by atoms with Gasteiger partial charge in [0.05, 0.1) is 29.1 Å². The lowest BCUT2D eigenvalue weighted by Crippen LogP contribution is -2.44. The minimum Gasteiger partial charge on any atom is -0.444 e. The van der Waals surface area contributed by atoms with Gasteiger partial charge in [-0.3, -0.25) is 13.6 Å². The summed E-state index contributed by atoms with van der Waals surface area (Å²) >= 11 is 0. The van der Waals surface area contributed by atoms with Gasteiger partial charge in [-0.1, -0.05) is 60.7 Å². The first kappa shape index (κ1) is 23.9. The minimum absolute atomic E-state index is 0.145. The average molecular weight is 480 g/mol. The third kappa shape index (κ3) is 4.97. The molecule has 2 heterocycles. The molecule has 1 aliphatic rings. The molecule has 8 heteroatoms. The van der Waals surface area contributed by atoms with Gasteiger partial charge in [0, 0.05) is 18.4 Å². The summed E-state index contributed by atoms with van der Waals surface area (Å²) in [6.07, 6.45) is 1.43. The van der Waals surface area contributed by atoms with Crippen LogP contribution < -0.4 is 5.56 Å². The maximum atomic E-state index is 13.9. The van der Waals surface area contributed by atoms with Gasteiger partial charge in [-0.15, -0.1) is 0 Å². The number of benzene rings is 2. The Morgan fingerprint density at radius 3 is 2.09 bits per heavy atom. The fraction of sp³-hybridized carbons (Fsp3) is 0.346. The molecular formula is C26H29N3O4S. The largest absolute Gasteiger partial charge is 0.444 e. The molecule has 7 nitrogen and oxygen atoms in total. The minimum atomic E-state index is -1.54. The number of carbonyl (C=O) groups is 1. The highest BCUT2D eigenvalue weighted by Gasteiger charge is 2.32. The van der Waals surface area contributed by atoms with Crippen LogP contribution in [0.2, 0.25) is 0 Å². The van der Waals surface area contributed by atoms with Crippen LogP contribution in [0.1, 0.15) is 49.2 Å². The van der Waals surface area contributed by atoms with E-state index in [1.165, 1.54) is 6.26 Å². The molecule has 34 heavy (non-hydrogen) atoms. The number of nitrogens with zero attached hydrogens (tertiary/aromatic N) is 3. The molecule has 1 aromatic heterocycles. The number of hydrogen-bond acceptors (Lipinski definition) is 5. The molecule has 3 aromatic rings. The van der Waals surface area contributed by atoms with Crippen molar-refractivity contribution in [3.63, 3.8) is 0 Å². The van der Waals surface area contributed by atoms with Crippen molar-refractivity contribution in [1.29, 1.82) is 0 Å². The highest BCUT2D eigenvalue weighted by Crippen LogP contribution is 2.28. The van der Waals surface area contributed by atoms with Gasteiger partial charge in [-0.05, 0) is 38.3 Å². The molecule has 0 bridgehead atoms. The highest BCUT2D eigenvalue weighted by atomic mass is 32.2. The third-order valence-electron chi connectivity index (χ3n) is 5.63. The van der Waals surface area contributed by atoms with Gasteiger partial charge in [-0.25, -0.2) is 9.78 Å². The molecule has 0 saturated heterocycles. The maximum Gasteiger partial charge on any atom is 0.410 e. The van der Waals surface area contributed by atoms with Crippen LogP contribution in [0.5, 0.6) is 0 Å². The van der Waals surface area contributed by atoms with E-state index in [1.807, 2.05) is 81.4 Å². The first-order valence-corrected chi connectivity index (χ1v) is 12.8. The fourth-order valence-electron chi connectivity index (χ4n) is 4.16. The number of aromatic nitrogens is 2. The molecule has 2 aromatic carbocycles. The molecule has 1 atom stereocenters. The Kier molecular flexibility index (Phi) is 6.70. The Labute approximate surface area is 201 Å². The van der Waals surface area contributed by atoms with Gasteiger partial charge in [-0.2, -0.15) is 0 Å². The van der Waals surface area contributed by atoms with Crippen molar-refractivity contribution in [3.05, 3.63) is 93.4 Å². The Hall–Kier alpha value is -3.26. The van der Waals surface area contributed by atoms with E-state index in [9.17, 15) is 13.8 Å². The molecule has 0 radical (unpaired) electrons. The molecule has 178 valence electrons. The summed E-state index contributed by atoms with van der Waals surface area (Å²) in [6.45, 7) is 5.93. The molecular weight excluding hydrogens is 450 g/mol. The molecule has 0 aliphatic carbocycles. The first-order chi connectivity index (χ1) is 16.2. The smallest absolute Gasteiger partial charge is 0.410 e. The van der Waals surface area contributed by atoms with Crippen LogP contribution in [-0.4, -0.2) is 43.2 Å². The van der Waals surface area contributed by atoms with Crippen molar-refractivity contribution in [3.8, 4) is 0 Å². The first-order valence-electron chi connectivity index (χ1n) is 11.2. The lowest BCUT2D eigenvalue weighted by molar-refractivity contribution is 0.0219. The van der Waals surface area contributed by atoms with Crippen LogP contribution in [0.4, 0.5) is 4.79 Å². The number of rotatable bonds is 4. The zero-order valence-electron chi connectivity index (χ0n) is 19.9. The zero-order valence-corrected chi connectivity index (χ0v) is 20.7. The maximum absolute atomic E-state index is 13.9. The van der Waals surface area contributed by atoms with Crippen molar-refractivity contribution in [2.24, 2.45) is 0 Å². The van der Waals surface area contributed by atoms with Crippen LogP contribution in [0.15, 0.2) is 70.6 Å². The standard InChI is InChI=1S/C26H29N3O4S/c1-26(2,3)33-25(31)28-16-15-20-21(17-28)27-24(34(4)32)29(23(20)30)22(18-11-7-5-8-12-18)19-13-9-6-10-14-19/h5-14,22H,15-17H2,1-4H3. The molecule has 1 unspecified atom stereocenters. The van der Waals surface area contributed by atoms with Crippen molar-refractivity contribution < 1.29 is 13.7 Å². The number of ether oxygens (including phenoxy) is 1. The molecule has 0 saturated carbocycles. The molecule has 0 fully saturated rings. The van der Waals surface area contributed by atoms with E-state index in [0.29, 0.717) is 24.2 Å². The second-order valence-corrected chi connectivity index (χ2v) is 10.6. The molecule has 1 amide bonds. The van der Waals surface area contributed by atoms with Gasteiger partial charge in [0.15, 0.2) is 0 Å². The number of hydrogen-bond donors (Lipinski definition) is 0. The number of fused-ring (bicyclic) bond motifs is 1. The zero-order chi connectivity index (χ0) is 24.5. The Balaban J connectivity index is 1.84. The monoisotopic (exact) mass is 479 g/mol. The Morgan fingerprint density at radius 1 is 1.03 bits per heavy atom. The van der Waals surface area contributed by atoms with Crippen molar-refractivity contribution >= 4 is 16.9 Å². The summed E-state index contributed by atoms with van der Waals surface area (Å²) in [5.41, 5.74) is 1.97. The summed E-state index contributed by atoms with van der Waals surface area (Å²) in [5.74, 6) is 0. The van der Waals surface area contributed by atoms with Gasteiger partial charge in [0.2, 0.25) is 5.16 Å². The van der Waals surface area contributed by atoms with E-state index in [-0.39, 0.29) is 17.3 Å². The average Bonchev–Trinajstić information content (AvgIpc) is 2.80. The van der Waals surface area contributed by atoms with E-state index in [2.05, 4.69) is 4.98 Å². The summed E-state index contributed by atoms with van der Waals surface area (Å²) in [4.78, 5) is 32.7. The van der Waals surface area contributed by atoms with Crippen LogP contribution >= 0.6 is 0 Å². The van der Waals surface area contributed by atoms with E-state index in [4.69, 9.17) is 4.74 Å². The Morgan fingerprint density at radius 2 is 1.59 bits per heavy atom. The second-order valence-electron chi connectivity index (χ2n) is 9.32. The van der Waals surface area contributed by atoms with Crippen molar-refractivity contribution in [2.45, 2.75) is 50.5 Å². The van der Waals surface area contributed by atoms with Crippen LogP contribution in [0, 0.1) is 0 Å². The van der Waals surface area contributed by atoms with Gasteiger partial charge in [0.25, 0.3) is 5.56 Å². The highest BCUT2D eigenvalue weighted by molar-refractivity contribution is 7.84. The lowest BCUT2D eigenvalue weighted by atomic mass is 9.98. The summed E-state index contributed by atoms with van der Waals surface area (Å²) < 4.78 is 19.9. The number of amides is 1. The van der Waals surface area contributed by atoms with E-state index < -0.39 is 28.5 Å². The quantitative estimate of drug-likeness (QED) is 0.530. The lowest BCUT2D eigenvalue weighted by Gasteiger charge is -2.32. The van der Waals surface area contributed by atoms with E-state index in [0.717, 1.165) is 11.1 Å². The summed E-state index contributed by atoms with van der Waals surface area (Å²) in [6, 6.07) is 18.9. The fourth-order valence-corrected chi connectivity index (χ4v) is 4.86. The second kappa shape index (κ2) is 9.54. The molecule has 4 rings (SSSR count).